The second kappa shape index (κ2) is 10.1. The minimum absolute atomic E-state index is 0.0521. The molecule has 3 rings (SSSR count). The van der Waals surface area contributed by atoms with Gasteiger partial charge in [0.15, 0.2) is 5.11 Å². The zero-order valence-corrected chi connectivity index (χ0v) is 18.0. The van der Waals surface area contributed by atoms with Gasteiger partial charge in [0, 0.05) is 19.2 Å². The minimum atomic E-state index is -0.701. The van der Waals surface area contributed by atoms with Crippen molar-refractivity contribution in [1.82, 2.24) is 10.2 Å². The number of amides is 2. The van der Waals surface area contributed by atoms with E-state index in [0.29, 0.717) is 11.3 Å². The Hall–Kier alpha value is -3.33. The van der Waals surface area contributed by atoms with Gasteiger partial charge in [-0.15, -0.1) is 0 Å². The Balaban J connectivity index is 1.72. The summed E-state index contributed by atoms with van der Waals surface area (Å²) in [4.78, 5) is 37.9. The maximum Gasteiger partial charge on any atom is 0.282 e. The molecule has 0 saturated heterocycles. The average Bonchev–Trinajstić information content (AvgIpc) is 2.79. The van der Waals surface area contributed by atoms with Crippen molar-refractivity contribution in [2.75, 3.05) is 12.4 Å². The molecule has 0 unspecified atom stereocenters. The molecule has 2 amide bonds. The van der Waals surface area contributed by atoms with Crippen molar-refractivity contribution in [3.05, 3.63) is 69.8 Å². The third-order valence-corrected chi connectivity index (χ3v) is 5.62. The standard InChI is InChI=1S/C22H24N4O4S/c1-25(15-9-3-2-4-10-15)21(28)16-11-5-7-13-18(16)23-22(31)24-20(27)17-12-6-8-14-19(17)26(29)30/h5-8,11-15H,2-4,9-10H2,1H3,(H2,23,24,27,31). The molecule has 0 bridgehead atoms. The topological polar surface area (TPSA) is 105 Å². The van der Waals surface area contributed by atoms with Crippen LogP contribution < -0.4 is 10.6 Å². The number of anilines is 1. The number of benzene rings is 2. The molecule has 1 fully saturated rings. The molecule has 0 spiro atoms. The number of thiocarbonyl (C=S) groups is 1. The zero-order valence-electron chi connectivity index (χ0n) is 17.2. The molecule has 162 valence electrons. The first-order chi connectivity index (χ1) is 14.9. The highest BCUT2D eigenvalue weighted by Crippen LogP contribution is 2.25. The molecule has 2 N–H and O–H groups in total. The molecule has 9 heteroatoms. The fraction of sp³-hybridized carbons (Fsp3) is 0.318. The fourth-order valence-corrected chi connectivity index (χ4v) is 3.95. The monoisotopic (exact) mass is 440 g/mol. The van der Waals surface area contributed by atoms with Crippen molar-refractivity contribution in [3.63, 3.8) is 0 Å². The first-order valence-corrected chi connectivity index (χ1v) is 10.5. The number of nitrogens with one attached hydrogen (secondary N) is 2. The Kier molecular flexibility index (Phi) is 7.30. The highest BCUT2D eigenvalue weighted by Gasteiger charge is 2.25. The van der Waals surface area contributed by atoms with Gasteiger partial charge >= 0.3 is 0 Å². The second-order valence-electron chi connectivity index (χ2n) is 7.44. The van der Waals surface area contributed by atoms with Crippen LogP contribution in [-0.2, 0) is 0 Å². The van der Waals surface area contributed by atoms with Crippen LogP contribution in [0.15, 0.2) is 48.5 Å². The highest BCUT2D eigenvalue weighted by atomic mass is 32.1. The normalized spacial score (nSPS) is 13.8. The van der Waals surface area contributed by atoms with E-state index < -0.39 is 10.8 Å². The maximum atomic E-state index is 13.1. The van der Waals surface area contributed by atoms with E-state index in [1.54, 1.807) is 29.2 Å². The first-order valence-electron chi connectivity index (χ1n) is 10.1. The van der Waals surface area contributed by atoms with Crippen molar-refractivity contribution in [2.45, 2.75) is 38.1 Å². The average molecular weight is 441 g/mol. The number of hydrogen-bond acceptors (Lipinski definition) is 5. The second-order valence-corrected chi connectivity index (χ2v) is 7.84. The quantitative estimate of drug-likeness (QED) is 0.412. The summed E-state index contributed by atoms with van der Waals surface area (Å²) in [5.74, 6) is -0.823. The van der Waals surface area contributed by atoms with Crippen LogP contribution in [0.3, 0.4) is 0 Å². The van der Waals surface area contributed by atoms with E-state index in [2.05, 4.69) is 10.6 Å². The minimum Gasteiger partial charge on any atom is -0.339 e. The number of hydrogen-bond donors (Lipinski definition) is 2. The summed E-state index contributed by atoms with van der Waals surface area (Å²) in [6.07, 6.45) is 5.41. The van der Waals surface area contributed by atoms with Gasteiger partial charge in [0.1, 0.15) is 5.56 Å². The lowest BCUT2D eigenvalue weighted by Gasteiger charge is -2.31. The Morgan fingerprint density at radius 2 is 1.65 bits per heavy atom. The number of carbonyl (C=O) groups excluding carboxylic acids is 2. The summed E-state index contributed by atoms with van der Waals surface area (Å²) in [5.41, 5.74) is 0.492. The molecule has 1 saturated carbocycles. The van der Waals surface area contributed by atoms with Crippen LogP contribution in [-0.4, -0.2) is 39.8 Å². The van der Waals surface area contributed by atoms with Crippen LogP contribution in [0.4, 0.5) is 11.4 Å². The molecule has 1 aliphatic carbocycles. The molecule has 0 heterocycles. The van der Waals surface area contributed by atoms with Crippen molar-refractivity contribution in [3.8, 4) is 0 Å². The van der Waals surface area contributed by atoms with E-state index in [4.69, 9.17) is 12.2 Å². The zero-order chi connectivity index (χ0) is 22.4. The van der Waals surface area contributed by atoms with E-state index in [1.165, 1.54) is 30.7 Å². The van der Waals surface area contributed by atoms with Gasteiger partial charge in [-0.3, -0.25) is 25.0 Å². The summed E-state index contributed by atoms with van der Waals surface area (Å²) in [6.45, 7) is 0. The lowest BCUT2D eigenvalue weighted by Crippen LogP contribution is -2.39. The highest BCUT2D eigenvalue weighted by molar-refractivity contribution is 7.80. The lowest BCUT2D eigenvalue weighted by atomic mass is 9.94. The van der Waals surface area contributed by atoms with Crippen LogP contribution in [0.1, 0.15) is 52.8 Å². The van der Waals surface area contributed by atoms with Crippen LogP contribution in [0.25, 0.3) is 0 Å². The summed E-state index contributed by atoms with van der Waals surface area (Å²) in [6, 6.07) is 12.8. The predicted octanol–water partition coefficient (Wildman–Crippen LogP) is 4.13. The largest absolute Gasteiger partial charge is 0.339 e. The SMILES string of the molecule is CN(C(=O)c1ccccc1NC(=S)NC(=O)c1ccccc1[N+](=O)[O-])C1CCCCC1. The molecule has 0 atom stereocenters. The van der Waals surface area contributed by atoms with Gasteiger partial charge < -0.3 is 10.2 Å². The third kappa shape index (κ3) is 5.43. The molecule has 2 aromatic carbocycles. The van der Waals surface area contributed by atoms with E-state index in [9.17, 15) is 19.7 Å². The summed E-state index contributed by atoms with van der Waals surface area (Å²) in [5, 5.41) is 16.4. The Labute approximate surface area is 185 Å². The van der Waals surface area contributed by atoms with Crippen molar-refractivity contribution in [2.24, 2.45) is 0 Å². The molecular weight excluding hydrogens is 416 g/mol. The van der Waals surface area contributed by atoms with Gasteiger partial charge in [-0.1, -0.05) is 43.5 Å². The van der Waals surface area contributed by atoms with Gasteiger partial charge in [-0.25, -0.2) is 0 Å². The van der Waals surface area contributed by atoms with E-state index in [-0.39, 0.29) is 28.3 Å². The van der Waals surface area contributed by atoms with Crippen LogP contribution in [0, 0.1) is 10.1 Å². The smallest absolute Gasteiger partial charge is 0.282 e. The molecule has 0 aliphatic heterocycles. The number of nitro benzene ring substituents is 1. The lowest BCUT2D eigenvalue weighted by molar-refractivity contribution is -0.385. The molecule has 1 aliphatic rings. The van der Waals surface area contributed by atoms with Gasteiger partial charge in [0.2, 0.25) is 0 Å². The van der Waals surface area contributed by atoms with Crippen molar-refractivity contribution >= 4 is 40.5 Å². The van der Waals surface area contributed by atoms with Crippen molar-refractivity contribution < 1.29 is 14.5 Å². The molecule has 0 radical (unpaired) electrons. The molecule has 2 aromatic rings. The van der Waals surface area contributed by atoms with Crippen LogP contribution in [0.2, 0.25) is 0 Å². The maximum absolute atomic E-state index is 13.1. The van der Waals surface area contributed by atoms with E-state index in [0.717, 1.165) is 25.7 Å². The Bertz CT molecular complexity index is 1000. The summed E-state index contributed by atoms with van der Waals surface area (Å²) in [7, 11) is 1.81. The van der Waals surface area contributed by atoms with Gasteiger partial charge in [-0.05, 0) is 43.3 Å². The molecule has 31 heavy (non-hydrogen) atoms. The van der Waals surface area contributed by atoms with Gasteiger partial charge in [-0.2, -0.15) is 0 Å². The molecular formula is C22H24N4O4S. The third-order valence-electron chi connectivity index (χ3n) is 5.42. The number of nitro groups is 1. The van der Waals surface area contributed by atoms with Gasteiger partial charge in [0.25, 0.3) is 17.5 Å². The molecule has 8 nitrogen and oxygen atoms in total. The fourth-order valence-electron chi connectivity index (χ4n) is 3.75. The first kappa shape index (κ1) is 22.4. The summed E-state index contributed by atoms with van der Waals surface area (Å²) >= 11 is 5.22. The van der Waals surface area contributed by atoms with Crippen LogP contribution in [0.5, 0.6) is 0 Å². The number of para-hydroxylation sites is 2. The Morgan fingerprint density at radius 1 is 1.03 bits per heavy atom. The summed E-state index contributed by atoms with van der Waals surface area (Å²) < 4.78 is 0. The van der Waals surface area contributed by atoms with E-state index >= 15 is 0 Å². The molecule has 0 aromatic heterocycles. The van der Waals surface area contributed by atoms with Crippen molar-refractivity contribution in [1.29, 1.82) is 0 Å². The van der Waals surface area contributed by atoms with E-state index in [1.807, 2.05) is 7.05 Å². The van der Waals surface area contributed by atoms with Gasteiger partial charge in [0.05, 0.1) is 16.2 Å². The predicted molar refractivity (Wildman–Crippen MR) is 122 cm³/mol. The number of nitrogens with zero attached hydrogens (tertiary/aromatic N) is 2. The number of carbonyl (C=O) groups is 2. The van der Waals surface area contributed by atoms with Crippen LogP contribution >= 0.6 is 12.2 Å². The number of rotatable bonds is 5. The Morgan fingerprint density at radius 3 is 2.32 bits per heavy atom.